The van der Waals surface area contributed by atoms with Crippen LogP contribution in [0.3, 0.4) is 0 Å². The molecule has 3 aromatic rings. The minimum atomic E-state index is -2.94. The summed E-state index contributed by atoms with van der Waals surface area (Å²) in [5.41, 5.74) is 2.32. The molecule has 0 unspecified atom stereocenters. The number of carbonyl (C=O) groups is 2. The molecule has 1 N–H and O–H groups in total. The Morgan fingerprint density at radius 2 is 1.94 bits per heavy atom. The number of nitrogens with zero attached hydrogens (tertiary/aromatic N) is 2. The van der Waals surface area contributed by atoms with Crippen molar-refractivity contribution in [2.24, 2.45) is 0 Å². The standard InChI is InChI=1S/C23H21F2N3O5/c1-14-15(2)28(12-18-4-3-9-31-18)22(19(14)11-26)27-20(29)13-32-21(30)10-16-5-7-17(8-6-16)33-23(24)25/h3-9,23H,10,12-13H2,1-2H3,(H,27,29). The first kappa shape index (κ1) is 23.5. The first-order valence-corrected chi connectivity index (χ1v) is 9.90. The predicted molar refractivity (Wildman–Crippen MR) is 113 cm³/mol. The molecule has 1 amide bonds. The Balaban J connectivity index is 1.61. The zero-order valence-electron chi connectivity index (χ0n) is 17.9. The first-order chi connectivity index (χ1) is 15.8. The van der Waals surface area contributed by atoms with E-state index in [9.17, 15) is 23.6 Å². The zero-order valence-corrected chi connectivity index (χ0v) is 17.9. The van der Waals surface area contributed by atoms with E-state index < -0.39 is 25.1 Å². The summed E-state index contributed by atoms with van der Waals surface area (Å²) < 4.78 is 40.8. The molecule has 0 aliphatic heterocycles. The lowest BCUT2D eigenvalue weighted by Gasteiger charge is -2.12. The van der Waals surface area contributed by atoms with Crippen molar-refractivity contribution in [1.29, 1.82) is 5.26 Å². The van der Waals surface area contributed by atoms with E-state index in [4.69, 9.17) is 9.15 Å². The van der Waals surface area contributed by atoms with Gasteiger partial charge in [0, 0.05) is 5.69 Å². The summed E-state index contributed by atoms with van der Waals surface area (Å²) in [6.07, 6.45) is 1.38. The largest absolute Gasteiger partial charge is 0.467 e. The second-order valence-electron chi connectivity index (χ2n) is 7.12. The topological polar surface area (TPSA) is 106 Å². The molecular formula is C23H21F2N3O5. The van der Waals surface area contributed by atoms with Crippen LogP contribution in [0.5, 0.6) is 5.75 Å². The van der Waals surface area contributed by atoms with Crippen molar-refractivity contribution < 1.29 is 32.3 Å². The molecule has 2 heterocycles. The number of furan rings is 1. The maximum absolute atomic E-state index is 12.4. The van der Waals surface area contributed by atoms with Gasteiger partial charge in [0.2, 0.25) is 0 Å². The molecule has 0 saturated carbocycles. The number of amides is 1. The Labute approximate surface area is 188 Å². The number of alkyl halides is 2. The average molecular weight is 457 g/mol. The lowest BCUT2D eigenvalue weighted by molar-refractivity contribution is -0.146. The monoisotopic (exact) mass is 457 g/mol. The molecule has 10 heteroatoms. The third-order valence-electron chi connectivity index (χ3n) is 4.95. The van der Waals surface area contributed by atoms with E-state index in [2.05, 4.69) is 16.1 Å². The highest BCUT2D eigenvalue weighted by Crippen LogP contribution is 2.27. The molecule has 0 aliphatic carbocycles. The van der Waals surface area contributed by atoms with Crippen LogP contribution in [0, 0.1) is 25.2 Å². The third-order valence-corrected chi connectivity index (χ3v) is 4.95. The summed E-state index contributed by atoms with van der Waals surface area (Å²) in [4.78, 5) is 24.5. The molecule has 0 spiro atoms. The molecule has 3 rings (SSSR count). The molecule has 2 aromatic heterocycles. The molecular weight excluding hydrogens is 436 g/mol. The number of benzene rings is 1. The SMILES string of the molecule is Cc1c(C#N)c(NC(=O)COC(=O)Cc2ccc(OC(F)F)cc2)n(Cc2ccco2)c1C. The van der Waals surface area contributed by atoms with Crippen molar-refractivity contribution in [3.8, 4) is 11.8 Å². The maximum atomic E-state index is 12.4. The molecule has 1 aromatic carbocycles. The number of ether oxygens (including phenoxy) is 2. The number of carbonyl (C=O) groups excluding carboxylic acids is 2. The van der Waals surface area contributed by atoms with Gasteiger partial charge in [0.15, 0.2) is 6.61 Å². The smallest absolute Gasteiger partial charge is 0.387 e. The number of aromatic nitrogens is 1. The van der Waals surface area contributed by atoms with E-state index >= 15 is 0 Å². The van der Waals surface area contributed by atoms with Crippen molar-refractivity contribution in [3.63, 3.8) is 0 Å². The van der Waals surface area contributed by atoms with Crippen LogP contribution in [0.25, 0.3) is 0 Å². The number of esters is 1. The molecule has 0 bridgehead atoms. The maximum Gasteiger partial charge on any atom is 0.387 e. The number of hydrogen-bond donors (Lipinski definition) is 1. The first-order valence-electron chi connectivity index (χ1n) is 9.90. The van der Waals surface area contributed by atoms with Gasteiger partial charge in [-0.05, 0) is 49.2 Å². The van der Waals surface area contributed by atoms with Gasteiger partial charge in [-0.15, -0.1) is 0 Å². The Kier molecular flexibility index (Phi) is 7.46. The summed E-state index contributed by atoms with van der Waals surface area (Å²) in [7, 11) is 0. The molecule has 0 aliphatic rings. The second-order valence-corrected chi connectivity index (χ2v) is 7.12. The number of halogens is 2. The van der Waals surface area contributed by atoms with Gasteiger partial charge >= 0.3 is 12.6 Å². The van der Waals surface area contributed by atoms with Crippen LogP contribution in [-0.4, -0.2) is 29.7 Å². The number of hydrogen-bond acceptors (Lipinski definition) is 6. The fourth-order valence-electron chi connectivity index (χ4n) is 3.21. The van der Waals surface area contributed by atoms with E-state index in [0.29, 0.717) is 29.2 Å². The van der Waals surface area contributed by atoms with Gasteiger partial charge in [0.25, 0.3) is 5.91 Å². The Morgan fingerprint density at radius 3 is 2.55 bits per heavy atom. The van der Waals surface area contributed by atoms with Crippen LogP contribution < -0.4 is 10.1 Å². The van der Waals surface area contributed by atoms with E-state index in [1.54, 1.807) is 23.6 Å². The van der Waals surface area contributed by atoms with Gasteiger partial charge in [-0.1, -0.05) is 12.1 Å². The number of nitrogens with one attached hydrogen (secondary N) is 1. The van der Waals surface area contributed by atoms with E-state index in [1.807, 2.05) is 6.92 Å². The summed E-state index contributed by atoms with van der Waals surface area (Å²) >= 11 is 0. The van der Waals surface area contributed by atoms with Crippen LogP contribution in [0.15, 0.2) is 47.1 Å². The van der Waals surface area contributed by atoms with Crippen LogP contribution >= 0.6 is 0 Å². The van der Waals surface area contributed by atoms with E-state index in [0.717, 1.165) is 11.3 Å². The number of anilines is 1. The molecule has 0 radical (unpaired) electrons. The highest BCUT2D eigenvalue weighted by molar-refractivity contribution is 5.93. The van der Waals surface area contributed by atoms with E-state index in [1.165, 1.54) is 30.5 Å². The van der Waals surface area contributed by atoms with Gasteiger partial charge in [-0.2, -0.15) is 14.0 Å². The molecule has 172 valence electrons. The lowest BCUT2D eigenvalue weighted by atomic mass is 10.1. The van der Waals surface area contributed by atoms with Crippen LogP contribution in [0.2, 0.25) is 0 Å². The fourth-order valence-corrected chi connectivity index (χ4v) is 3.21. The number of rotatable bonds is 9. The fraction of sp³-hybridized carbons (Fsp3) is 0.261. The normalized spacial score (nSPS) is 10.7. The van der Waals surface area contributed by atoms with Crippen molar-refractivity contribution in [2.75, 3.05) is 11.9 Å². The highest BCUT2D eigenvalue weighted by atomic mass is 19.3. The van der Waals surface area contributed by atoms with Crippen LogP contribution in [0.1, 0.15) is 28.1 Å². The van der Waals surface area contributed by atoms with Gasteiger partial charge in [0.05, 0.1) is 24.8 Å². The molecule has 33 heavy (non-hydrogen) atoms. The summed E-state index contributed by atoms with van der Waals surface area (Å²) in [6.45, 7) is 0.419. The highest BCUT2D eigenvalue weighted by Gasteiger charge is 2.21. The summed E-state index contributed by atoms with van der Waals surface area (Å²) in [5, 5.41) is 12.2. The van der Waals surface area contributed by atoms with Gasteiger partial charge in [0.1, 0.15) is 23.4 Å². The minimum absolute atomic E-state index is 0.0297. The Morgan fingerprint density at radius 1 is 1.21 bits per heavy atom. The van der Waals surface area contributed by atoms with Gasteiger partial charge in [-0.3, -0.25) is 9.59 Å². The van der Waals surface area contributed by atoms with Crippen molar-refractivity contribution in [1.82, 2.24) is 4.57 Å². The van der Waals surface area contributed by atoms with Crippen molar-refractivity contribution in [2.45, 2.75) is 33.4 Å². The predicted octanol–water partition coefficient (Wildman–Crippen LogP) is 3.94. The summed E-state index contributed by atoms with van der Waals surface area (Å²) in [6, 6.07) is 11.1. The van der Waals surface area contributed by atoms with E-state index in [-0.39, 0.29) is 12.2 Å². The second kappa shape index (κ2) is 10.5. The average Bonchev–Trinajstić information content (AvgIpc) is 3.36. The Bertz CT molecular complexity index is 1160. The lowest BCUT2D eigenvalue weighted by Crippen LogP contribution is -2.23. The molecule has 0 atom stereocenters. The molecule has 8 nitrogen and oxygen atoms in total. The van der Waals surface area contributed by atoms with Crippen LogP contribution in [0.4, 0.5) is 14.6 Å². The van der Waals surface area contributed by atoms with Gasteiger partial charge in [-0.25, -0.2) is 0 Å². The number of nitriles is 1. The quantitative estimate of drug-likeness (QED) is 0.488. The van der Waals surface area contributed by atoms with Crippen molar-refractivity contribution in [3.05, 3.63) is 70.8 Å². The Hall–Kier alpha value is -4.13. The minimum Gasteiger partial charge on any atom is -0.467 e. The van der Waals surface area contributed by atoms with Crippen molar-refractivity contribution >= 4 is 17.7 Å². The third kappa shape index (κ3) is 5.98. The summed E-state index contributed by atoms with van der Waals surface area (Å²) in [5.74, 6) is -0.382. The zero-order chi connectivity index (χ0) is 24.0. The van der Waals surface area contributed by atoms with Crippen LogP contribution in [-0.2, 0) is 27.3 Å². The molecule has 0 saturated heterocycles. The molecule has 0 fully saturated rings. The van der Waals surface area contributed by atoms with Gasteiger partial charge < -0.3 is 23.8 Å².